The lowest BCUT2D eigenvalue weighted by atomic mass is 9.71. The highest BCUT2D eigenvalue weighted by atomic mass is 14.9. The maximum Gasteiger partial charge on any atom is 0.00696 e. The predicted molar refractivity (Wildman–Crippen MR) is 84.3 cm³/mol. The molecule has 1 aromatic carbocycles. The van der Waals surface area contributed by atoms with E-state index in [0.29, 0.717) is 12.0 Å². The fourth-order valence-corrected chi connectivity index (χ4v) is 2.01. The summed E-state index contributed by atoms with van der Waals surface area (Å²) in [6.45, 7) is 13.2. The van der Waals surface area contributed by atoms with Gasteiger partial charge in [0.25, 0.3) is 0 Å². The first-order valence-electron chi connectivity index (χ1n) is 6.73. The molecule has 2 heteroatoms. The zero-order valence-corrected chi connectivity index (χ0v) is 13.1. The molecule has 0 fully saturated rings. The van der Waals surface area contributed by atoms with Crippen LogP contribution in [-0.4, -0.2) is 21.5 Å². The second kappa shape index (κ2) is 9.21. The minimum atomic E-state index is 0. The van der Waals surface area contributed by atoms with Crippen molar-refractivity contribution in [3.8, 4) is 0 Å². The molecule has 0 spiro atoms. The Hall–Kier alpha value is -0.755. The third-order valence-electron chi connectivity index (χ3n) is 3.86. The van der Waals surface area contributed by atoms with Crippen molar-refractivity contribution in [2.45, 2.75) is 53.0 Å². The molecule has 3 radical (unpaired) electrons. The van der Waals surface area contributed by atoms with Crippen molar-refractivity contribution < 1.29 is 0 Å². The van der Waals surface area contributed by atoms with Gasteiger partial charge in [-0.05, 0) is 30.9 Å². The molecule has 0 heterocycles. The number of benzene rings is 1. The summed E-state index contributed by atoms with van der Waals surface area (Å²) in [6, 6.07) is 11.3. The molecule has 0 saturated heterocycles. The Balaban J connectivity index is 0. The van der Waals surface area contributed by atoms with Crippen LogP contribution in [0.25, 0.3) is 0 Å². The molecule has 0 amide bonds. The molecule has 0 aliphatic carbocycles. The summed E-state index contributed by atoms with van der Waals surface area (Å²) in [4.78, 5) is 0. The van der Waals surface area contributed by atoms with Gasteiger partial charge in [0, 0.05) is 14.5 Å². The summed E-state index contributed by atoms with van der Waals surface area (Å²) in [5.41, 5.74) is 1.63. The van der Waals surface area contributed by atoms with Gasteiger partial charge < -0.3 is 5.32 Å². The Morgan fingerprint density at radius 1 is 1.00 bits per heavy atom. The van der Waals surface area contributed by atoms with Gasteiger partial charge in [-0.3, -0.25) is 0 Å². The lowest BCUT2D eigenvalue weighted by molar-refractivity contribution is 0.277. The first kappa shape index (κ1) is 19.6. The Bertz CT molecular complexity index is 295. The highest BCUT2D eigenvalue weighted by Crippen LogP contribution is 2.33. The molecule has 1 rings (SSSR count). The van der Waals surface area contributed by atoms with Gasteiger partial charge in [-0.15, -0.1) is 0 Å². The molecule has 0 bridgehead atoms. The average Bonchev–Trinajstić information content (AvgIpc) is 2.40. The molecule has 0 aromatic heterocycles. The lowest BCUT2D eigenvalue weighted by Crippen LogP contribution is -2.40. The van der Waals surface area contributed by atoms with Crippen LogP contribution in [0, 0.1) is 5.92 Å². The molecule has 0 aliphatic rings. The van der Waals surface area contributed by atoms with Crippen LogP contribution in [0.15, 0.2) is 30.3 Å². The minimum Gasteiger partial charge on any atom is -0.317 e. The zero-order chi connectivity index (χ0) is 13.5. The molecular weight excluding hydrogens is 217 g/mol. The van der Waals surface area contributed by atoms with Crippen LogP contribution in [0.4, 0.5) is 0 Å². The van der Waals surface area contributed by atoms with Crippen molar-refractivity contribution in [2.24, 2.45) is 5.92 Å². The summed E-state index contributed by atoms with van der Waals surface area (Å²) in [6.07, 6.45) is 0. The van der Waals surface area contributed by atoms with E-state index >= 15 is 0 Å². The fraction of sp³-hybridized carbons (Fsp3) is 0.625. The van der Waals surface area contributed by atoms with E-state index in [1.165, 1.54) is 5.56 Å². The predicted octanol–water partition coefficient (Wildman–Crippen LogP) is 3.85. The number of nitrogens with one attached hydrogen (secondary N) is 1. The van der Waals surface area contributed by atoms with E-state index in [1.54, 1.807) is 0 Å². The van der Waals surface area contributed by atoms with Crippen molar-refractivity contribution >= 4 is 8.41 Å². The van der Waals surface area contributed by atoms with E-state index in [4.69, 9.17) is 0 Å². The topological polar surface area (TPSA) is 12.0 Å². The average molecular weight is 246 g/mol. The molecular formula is C16H29BN. The monoisotopic (exact) mass is 246 g/mol. The smallest absolute Gasteiger partial charge is 0.00696 e. The second-order valence-corrected chi connectivity index (χ2v) is 4.95. The lowest BCUT2D eigenvalue weighted by Gasteiger charge is -2.36. The van der Waals surface area contributed by atoms with Gasteiger partial charge in [0.1, 0.15) is 0 Å². The van der Waals surface area contributed by atoms with Gasteiger partial charge >= 0.3 is 0 Å². The molecule has 101 valence electrons. The SMILES string of the molecule is CC.CNC(C)C(C)C(C)(C)c1ccccc1.[B]. The third-order valence-corrected chi connectivity index (χ3v) is 3.86. The van der Waals surface area contributed by atoms with Crippen LogP contribution in [0.1, 0.15) is 47.1 Å². The van der Waals surface area contributed by atoms with Gasteiger partial charge in [-0.25, -0.2) is 0 Å². The molecule has 1 N–H and O–H groups in total. The highest BCUT2D eigenvalue weighted by molar-refractivity contribution is 5.75. The van der Waals surface area contributed by atoms with E-state index in [0.717, 1.165) is 0 Å². The molecule has 0 saturated carbocycles. The molecule has 1 nitrogen and oxygen atoms in total. The highest BCUT2D eigenvalue weighted by Gasteiger charge is 2.30. The summed E-state index contributed by atoms with van der Waals surface area (Å²) >= 11 is 0. The fourth-order valence-electron chi connectivity index (χ4n) is 2.01. The van der Waals surface area contributed by atoms with E-state index in [2.05, 4.69) is 63.3 Å². The van der Waals surface area contributed by atoms with Gasteiger partial charge in [0.15, 0.2) is 0 Å². The first-order chi connectivity index (χ1) is 8.00. The van der Waals surface area contributed by atoms with Crippen LogP contribution in [0.2, 0.25) is 0 Å². The summed E-state index contributed by atoms with van der Waals surface area (Å²) < 4.78 is 0. The van der Waals surface area contributed by atoms with Crippen LogP contribution in [0.3, 0.4) is 0 Å². The van der Waals surface area contributed by atoms with Crippen molar-refractivity contribution in [1.82, 2.24) is 5.32 Å². The Labute approximate surface area is 116 Å². The summed E-state index contributed by atoms with van der Waals surface area (Å²) in [5, 5.41) is 3.34. The number of hydrogen-bond acceptors (Lipinski definition) is 1. The molecule has 0 aliphatic heterocycles. The quantitative estimate of drug-likeness (QED) is 0.795. The maximum absolute atomic E-state index is 3.34. The van der Waals surface area contributed by atoms with Gasteiger partial charge in [0.2, 0.25) is 0 Å². The zero-order valence-electron chi connectivity index (χ0n) is 13.1. The molecule has 1 aromatic rings. The van der Waals surface area contributed by atoms with Crippen molar-refractivity contribution in [3.05, 3.63) is 35.9 Å². The largest absolute Gasteiger partial charge is 0.317 e. The van der Waals surface area contributed by atoms with E-state index in [9.17, 15) is 0 Å². The number of hydrogen-bond donors (Lipinski definition) is 1. The standard InChI is InChI=1S/C14H23N.C2H6.B/c1-11(12(2)15-5)14(3,4)13-9-7-6-8-10-13;1-2;/h6-12,15H,1-5H3;1-2H3;. The Kier molecular flexibility index (Phi) is 10.0. The third kappa shape index (κ3) is 4.85. The van der Waals surface area contributed by atoms with Gasteiger partial charge in [-0.1, -0.05) is 65.0 Å². The summed E-state index contributed by atoms with van der Waals surface area (Å²) in [7, 11) is 2.03. The van der Waals surface area contributed by atoms with Crippen LogP contribution >= 0.6 is 0 Å². The van der Waals surface area contributed by atoms with Gasteiger partial charge in [-0.2, -0.15) is 0 Å². The van der Waals surface area contributed by atoms with E-state index < -0.39 is 0 Å². The van der Waals surface area contributed by atoms with Crippen LogP contribution in [0.5, 0.6) is 0 Å². The van der Waals surface area contributed by atoms with Crippen LogP contribution in [-0.2, 0) is 5.41 Å². The minimum absolute atomic E-state index is 0. The number of rotatable bonds is 4. The van der Waals surface area contributed by atoms with E-state index in [-0.39, 0.29) is 13.8 Å². The molecule has 2 unspecified atom stereocenters. The van der Waals surface area contributed by atoms with Crippen molar-refractivity contribution in [2.75, 3.05) is 7.05 Å². The molecule has 2 atom stereocenters. The molecule has 18 heavy (non-hydrogen) atoms. The van der Waals surface area contributed by atoms with Crippen molar-refractivity contribution in [1.29, 1.82) is 0 Å². The summed E-state index contributed by atoms with van der Waals surface area (Å²) in [5.74, 6) is 0.602. The Morgan fingerprint density at radius 3 is 1.83 bits per heavy atom. The first-order valence-corrected chi connectivity index (χ1v) is 6.73. The maximum atomic E-state index is 3.34. The Morgan fingerprint density at radius 2 is 1.44 bits per heavy atom. The normalized spacial score (nSPS) is 13.7. The van der Waals surface area contributed by atoms with E-state index in [1.807, 2.05) is 20.9 Å². The van der Waals surface area contributed by atoms with Crippen LogP contribution < -0.4 is 5.32 Å². The van der Waals surface area contributed by atoms with Crippen molar-refractivity contribution in [3.63, 3.8) is 0 Å². The second-order valence-electron chi connectivity index (χ2n) is 4.95. The van der Waals surface area contributed by atoms with Gasteiger partial charge in [0.05, 0.1) is 0 Å².